The van der Waals surface area contributed by atoms with Crippen molar-refractivity contribution in [2.45, 2.75) is 13.1 Å². The molecular weight excluding hydrogens is 820 g/mol. The second kappa shape index (κ2) is 18.5. The van der Waals surface area contributed by atoms with Gasteiger partial charge in [0.15, 0.2) is 24.8 Å². The van der Waals surface area contributed by atoms with E-state index in [1.165, 1.54) is 66.8 Å². The molecule has 0 atom stereocenters. The molecule has 2 nitrogen and oxygen atoms in total. The van der Waals surface area contributed by atoms with Gasteiger partial charge in [0.2, 0.25) is 13.1 Å². The van der Waals surface area contributed by atoms with Crippen LogP contribution in [-0.4, -0.2) is 0 Å². The van der Waals surface area contributed by atoms with Gasteiger partial charge in [0.25, 0.3) is 0 Å². The molecule has 4 heteroatoms. The number of hydrogen-bond donors (Lipinski definition) is 0. The molecule has 0 aliphatic carbocycles. The van der Waals surface area contributed by atoms with Crippen LogP contribution in [0.4, 0.5) is 0 Å². The van der Waals surface area contributed by atoms with Gasteiger partial charge >= 0.3 is 0 Å². The lowest BCUT2D eigenvalue weighted by atomic mass is 9.85. The van der Waals surface area contributed by atoms with E-state index in [4.69, 9.17) is 23.2 Å². The van der Waals surface area contributed by atoms with Gasteiger partial charge in [-0.3, -0.25) is 0 Å². The highest BCUT2D eigenvalue weighted by molar-refractivity contribution is 6.31. The van der Waals surface area contributed by atoms with Crippen molar-refractivity contribution in [3.05, 3.63) is 253 Å². The third kappa shape index (κ3) is 8.80. The number of nitrogens with zero attached hydrogens (tertiary/aromatic N) is 2. The van der Waals surface area contributed by atoms with Gasteiger partial charge in [-0.25, -0.2) is 0 Å². The zero-order valence-electron chi connectivity index (χ0n) is 35.2. The summed E-state index contributed by atoms with van der Waals surface area (Å²) in [6.07, 6.45) is 8.84. The maximum absolute atomic E-state index is 6.32. The maximum Gasteiger partial charge on any atom is 0.206 e. The molecule has 0 aliphatic heterocycles. The van der Waals surface area contributed by atoms with E-state index in [9.17, 15) is 0 Å². The van der Waals surface area contributed by atoms with E-state index in [-0.39, 0.29) is 0 Å². The number of aromatic nitrogens is 2. The van der Waals surface area contributed by atoms with Crippen molar-refractivity contribution in [3.63, 3.8) is 0 Å². The normalized spacial score (nSPS) is 11.1. The number of rotatable bonds is 11. The largest absolute Gasteiger partial charge is 0.206 e. The first-order chi connectivity index (χ1) is 31.5. The van der Waals surface area contributed by atoms with Crippen molar-refractivity contribution >= 4 is 23.2 Å². The second-order valence-electron chi connectivity index (χ2n) is 16.0. The Morgan fingerprint density at radius 2 is 0.516 bits per heavy atom. The fourth-order valence-electron chi connectivity index (χ4n) is 8.68. The van der Waals surface area contributed by atoms with Crippen LogP contribution in [0.1, 0.15) is 0 Å². The van der Waals surface area contributed by atoms with Gasteiger partial charge in [-0.15, -0.1) is 0 Å². The molecule has 0 radical (unpaired) electrons. The molecule has 0 unspecified atom stereocenters. The third-order valence-electron chi connectivity index (χ3n) is 11.9. The molecule has 0 aliphatic rings. The number of halogens is 2. The first-order valence-corrected chi connectivity index (χ1v) is 22.4. The first-order valence-electron chi connectivity index (χ1n) is 21.6. The Kier molecular flexibility index (Phi) is 11.8. The molecule has 0 saturated carbocycles. The average Bonchev–Trinajstić information content (AvgIpc) is 3.37. The highest BCUT2D eigenvalue weighted by atomic mass is 35.5. The second-order valence-corrected chi connectivity index (χ2v) is 16.9. The first kappa shape index (κ1) is 40.7. The minimum absolute atomic E-state index is 0.728. The molecule has 0 amide bonds. The van der Waals surface area contributed by atoms with Crippen molar-refractivity contribution < 1.29 is 9.13 Å². The van der Waals surface area contributed by atoms with Gasteiger partial charge in [-0.2, -0.15) is 9.13 Å². The standard InChI is InChI=1S/C60H44Cl2N2/c61-53-25-21-43(22-26-53)51-39-55(45-13-5-1-6-14-45)59(56(40-51)46-15-7-2-8-16-46)49-29-33-63(34-30-49)37-38-64-35-31-50(32-36-64)60-57(47-17-9-3-10-18-47)41-52(44-23-27-54(62)28-24-44)42-58(60)48-19-11-4-12-20-48/h1-36,39-42H,37-38H2/q+2. The van der Waals surface area contributed by atoms with Gasteiger partial charge in [0.1, 0.15) is 0 Å². The van der Waals surface area contributed by atoms with E-state index in [1.807, 2.05) is 24.3 Å². The Bertz CT molecular complexity index is 2810. The predicted octanol–water partition coefficient (Wildman–Crippen LogP) is 15.6. The number of aryl methyl sites for hydroxylation is 2. The van der Waals surface area contributed by atoms with Crippen molar-refractivity contribution in [3.8, 4) is 89.0 Å². The highest BCUT2D eigenvalue weighted by Crippen LogP contribution is 2.45. The number of hydrogen-bond acceptors (Lipinski definition) is 0. The van der Waals surface area contributed by atoms with Crippen LogP contribution < -0.4 is 9.13 Å². The summed E-state index contributed by atoms with van der Waals surface area (Å²) in [5, 5.41) is 1.46. The smallest absolute Gasteiger partial charge is 0.198 e. The Morgan fingerprint density at radius 1 is 0.250 bits per heavy atom. The molecule has 306 valence electrons. The Balaban J connectivity index is 0.976. The van der Waals surface area contributed by atoms with Crippen LogP contribution in [0, 0.1) is 0 Å². The fraction of sp³-hybridized carbons (Fsp3) is 0.0333. The minimum atomic E-state index is 0.728. The maximum atomic E-state index is 6.32. The van der Waals surface area contributed by atoms with Crippen LogP contribution in [0.2, 0.25) is 10.0 Å². The number of pyridine rings is 2. The van der Waals surface area contributed by atoms with E-state index in [0.717, 1.165) is 45.4 Å². The van der Waals surface area contributed by atoms with E-state index < -0.39 is 0 Å². The summed E-state index contributed by atoms with van der Waals surface area (Å²) in [7, 11) is 0. The zero-order chi connectivity index (χ0) is 43.2. The summed E-state index contributed by atoms with van der Waals surface area (Å²) in [6.45, 7) is 1.63. The molecular formula is C60H44Cl2N2+2. The minimum Gasteiger partial charge on any atom is -0.198 e. The Hall–Kier alpha value is -7.36. The quantitative estimate of drug-likeness (QED) is 0.114. The summed E-state index contributed by atoms with van der Waals surface area (Å²) in [5.41, 5.74) is 18.7. The van der Waals surface area contributed by atoms with Crippen molar-refractivity contribution in [2.75, 3.05) is 0 Å². The summed E-state index contributed by atoms with van der Waals surface area (Å²) in [5.74, 6) is 0. The van der Waals surface area contributed by atoms with Crippen LogP contribution in [0.3, 0.4) is 0 Å². The van der Waals surface area contributed by atoms with E-state index in [1.54, 1.807) is 0 Å². The fourth-order valence-corrected chi connectivity index (χ4v) is 8.93. The molecule has 0 spiro atoms. The van der Waals surface area contributed by atoms with Gasteiger partial charge in [0, 0.05) is 34.3 Å². The average molecular weight is 864 g/mol. The molecule has 0 bridgehead atoms. The van der Waals surface area contributed by atoms with Crippen LogP contribution >= 0.6 is 23.2 Å². The lowest BCUT2D eigenvalue weighted by Gasteiger charge is -2.19. The molecule has 0 N–H and O–H groups in total. The Labute approximate surface area is 385 Å². The van der Waals surface area contributed by atoms with Crippen LogP contribution in [0.15, 0.2) is 243 Å². The molecule has 2 heterocycles. The van der Waals surface area contributed by atoms with Crippen molar-refractivity contribution in [1.82, 2.24) is 0 Å². The monoisotopic (exact) mass is 862 g/mol. The van der Waals surface area contributed by atoms with Crippen LogP contribution in [0.5, 0.6) is 0 Å². The molecule has 2 aromatic heterocycles. The van der Waals surface area contributed by atoms with Crippen molar-refractivity contribution in [1.29, 1.82) is 0 Å². The van der Waals surface area contributed by atoms with Gasteiger partial charge < -0.3 is 0 Å². The predicted molar refractivity (Wildman–Crippen MR) is 267 cm³/mol. The van der Waals surface area contributed by atoms with E-state index in [2.05, 4.69) is 228 Å². The number of benzene rings is 8. The van der Waals surface area contributed by atoms with Gasteiger partial charge in [-0.1, -0.05) is 169 Å². The molecule has 0 fully saturated rings. The highest BCUT2D eigenvalue weighted by Gasteiger charge is 2.21. The SMILES string of the molecule is Clc1ccc(-c2cc(-c3ccccc3)c(-c3cc[n+](CC[n+]4ccc(-c5c(-c6ccccc6)cc(-c6ccc(Cl)cc6)cc5-c5ccccc5)cc4)cc3)c(-c3ccccc3)c2)cc1. The zero-order valence-corrected chi connectivity index (χ0v) is 36.7. The third-order valence-corrected chi connectivity index (χ3v) is 12.5. The molecule has 8 aromatic carbocycles. The molecule has 0 saturated heterocycles. The van der Waals surface area contributed by atoms with Gasteiger partial charge in [0.05, 0.1) is 0 Å². The lowest BCUT2D eigenvalue weighted by Crippen LogP contribution is -2.43. The lowest BCUT2D eigenvalue weighted by molar-refractivity contribution is -0.778. The summed E-state index contributed by atoms with van der Waals surface area (Å²) in [6, 6.07) is 77.4. The molecule has 10 rings (SSSR count). The topological polar surface area (TPSA) is 7.76 Å². The van der Waals surface area contributed by atoms with Crippen LogP contribution in [0.25, 0.3) is 89.0 Å². The Morgan fingerprint density at radius 3 is 0.781 bits per heavy atom. The molecule has 64 heavy (non-hydrogen) atoms. The summed E-state index contributed by atoms with van der Waals surface area (Å²) in [4.78, 5) is 0. The van der Waals surface area contributed by atoms with Crippen LogP contribution in [-0.2, 0) is 13.1 Å². The summed E-state index contributed by atoms with van der Waals surface area (Å²) >= 11 is 12.6. The summed E-state index contributed by atoms with van der Waals surface area (Å²) < 4.78 is 4.54. The van der Waals surface area contributed by atoms with E-state index >= 15 is 0 Å². The van der Waals surface area contributed by atoms with E-state index in [0.29, 0.717) is 0 Å². The molecule has 10 aromatic rings. The van der Waals surface area contributed by atoms with Crippen molar-refractivity contribution in [2.24, 2.45) is 0 Å². The van der Waals surface area contributed by atoms with Gasteiger partial charge in [-0.05, 0) is 138 Å².